The number of rotatable bonds is 8. The van der Waals surface area contributed by atoms with E-state index in [1.54, 1.807) is 55.4 Å². The molecule has 178 valence electrons. The molecule has 2 aromatic rings. The molecule has 0 fully saturated rings. The Morgan fingerprint density at radius 1 is 1.09 bits per heavy atom. The summed E-state index contributed by atoms with van der Waals surface area (Å²) in [6.45, 7) is 0.277. The van der Waals surface area contributed by atoms with Gasteiger partial charge in [-0.2, -0.15) is 0 Å². The zero-order valence-corrected chi connectivity index (χ0v) is 20.0. The van der Waals surface area contributed by atoms with E-state index in [4.69, 9.17) is 9.47 Å². The molecular formula is C23H29N3O6S. The first-order valence-electron chi connectivity index (χ1n) is 10.5. The molecular weight excluding hydrogens is 446 g/mol. The van der Waals surface area contributed by atoms with Crippen molar-refractivity contribution < 1.29 is 27.5 Å². The maximum atomic E-state index is 13.0. The van der Waals surface area contributed by atoms with E-state index >= 15 is 0 Å². The monoisotopic (exact) mass is 475 g/mol. The van der Waals surface area contributed by atoms with Gasteiger partial charge in [-0.25, -0.2) is 12.7 Å². The maximum absolute atomic E-state index is 13.0. The Labute approximate surface area is 194 Å². The highest BCUT2D eigenvalue weighted by atomic mass is 32.2. The number of para-hydroxylation sites is 2. The summed E-state index contributed by atoms with van der Waals surface area (Å²) in [7, 11) is 2.59. The third kappa shape index (κ3) is 5.45. The van der Waals surface area contributed by atoms with E-state index in [9.17, 15) is 18.0 Å². The van der Waals surface area contributed by atoms with Crippen LogP contribution in [0.2, 0.25) is 0 Å². The minimum atomic E-state index is -3.68. The molecule has 0 N–H and O–H groups in total. The maximum Gasteiger partial charge on any atom is 0.265 e. The minimum Gasteiger partial charge on any atom is -0.497 e. The van der Waals surface area contributed by atoms with Crippen LogP contribution in [-0.4, -0.2) is 76.9 Å². The van der Waals surface area contributed by atoms with Crippen molar-refractivity contribution >= 4 is 27.5 Å². The van der Waals surface area contributed by atoms with Gasteiger partial charge in [0.1, 0.15) is 11.5 Å². The summed E-state index contributed by atoms with van der Waals surface area (Å²) in [5.41, 5.74) is 0.601. The molecule has 0 bridgehead atoms. The van der Waals surface area contributed by atoms with Gasteiger partial charge in [0.2, 0.25) is 15.9 Å². The van der Waals surface area contributed by atoms with Gasteiger partial charge >= 0.3 is 0 Å². The largest absolute Gasteiger partial charge is 0.497 e. The Balaban J connectivity index is 1.65. The molecule has 10 heteroatoms. The van der Waals surface area contributed by atoms with Gasteiger partial charge in [0.05, 0.1) is 24.2 Å². The van der Waals surface area contributed by atoms with Gasteiger partial charge in [0.25, 0.3) is 5.91 Å². The number of methoxy groups -OCH3 is 1. The molecule has 2 aromatic carbocycles. The molecule has 0 aromatic heterocycles. The van der Waals surface area contributed by atoms with Crippen molar-refractivity contribution in [3.05, 3.63) is 48.5 Å². The summed E-state index contributed by atoms with van der Waals surface area (Å²) in [5, 5.41) is 0. The Morgan fingerprint density at radius 3 is 2.39 bits per heavy atom. The van der Waals surface area contributed by atoms with E-state index in [0.717, 1.165) is 0 Å². The number of ether oxygens (including phenoxy) is 2. The van der Waals surface area contributed by atoms with Crippen molar-refractivity contribution in [2.24, 2.45) is 0 Å². The van der Waals surface area contributed by atoms with E-state index < -0.39 is 16.1 Å². The molecule has 0 saturated carbocycles. The topological polar surface area (TPSA) is 96.5 Å². The number of anilines is 1. The van der Waals surface area contributed by atoms with Gasteiger partial charge in [-0.15, -0.1) is 0 Å². The van der Waals surface area contributed by atoms with E-state index in [-0.39, 0.29) is 36.2 Å². The smallest absolute Gasteiger partial charge is 0.265 e. The Hall–Kier alpha value is -3.11. The highest BCUT2D eigenvalue weighted by Crippen LogP contribution is 2.34. The highest BCUT2D eigenvalue weighted by molar-refractivity contribution is 7.89. The van der Waals surface area contributed by atoms with E-state index in [1.807, 2.05) is 0 Å². The number of carbonyl (C=O) groups excluding carboxylic acids is 2. The lowest BCUT2D eigenvalue weighted by molar-refractivity contribution is -0.136. The first-order chi connectivity index (χ1) is 15.6. The quantitative estimate of drug-likeness (QED) is 0.579. The molecule has 2 amide bonds. The van der Waals surface area contributed by atoms with Crippen molar-refractivity contribution in [1.82, 2.24) is 9.21 Å². The summed E-state index contributed by atoms with van der Waals surface area (Å²) in [4.78, 5) is 28.6. The number of benzene rings is 2. The zero-order valence-electron chi connectivity index (χ0n) is 19.2. The van der Waals surface area contributed by atoms with E-state index in [1.165, 1.54) is 35.5 Å². The number of hydrogen-bond acceptors (Lipinski definition) is 6. The third-order valence-electron chi connectivity index (χ3n) is 5.42. The lowest BCUT2D eigenvalue weighted by Gasteiger charge is -2.35. The number of amides is 2. The molecule has 33 heavy (non-hydrogen) atoms. The first kappa shape index (κ1) is 24.5. The van der Waals surface area contributed by atoms with Crippen molar-refractivity contribution in [2.45, 2.75) is 23.8 Å². The summed E-state index contributed by atoms with van der Waals surface area (Å²) in [6, 6.07) is 13.2. The molecule has 1 aliphatic heterocycles. The van der Waals surface area contributed by atoms with Crippen LogP contribution in [0.4, 0.5) is 5.69 Å². The average molecular weight is 476 g/mol. The molecule has 1 heterocycles. The number of sulfonamides is 1. The SMILES string of the molecule is COc1ccc(S(=O)(=O)N(C)CCCC(=O)N2C[C@H](C(=O)N(C)C)Oc3ccccc32)cc1. The summed E-state index contributed by atoms with van der Waals surface area (Å²) >= 11 is 0. The Kier molecular flexibility index (Phi) is 7.60. The third-order valence-corrected chi connectivity index (χ3v) is 7.29. The molecule has 0 unspecified atom stereocenters. The Morgan fingerprint density at radius 2 is 1.76 bits per heavy atom. The van der Waals surface area contributed by atoms with Crippen LogP contribution >= 0.6 is 0 Å². The van der Waals surface area contributed by atoms with Gasteiger partial charge in [-0.05, 0) is 42.8 Å². The molecule has 9 nitrogen and oxygen atoms in total. The number of nitrogens with zero attached hydrogens (tertiary/aromatic N) is 3. The fourth-order valence-corrected chi connectivity index (χ4v) is 4.73. The molecule has 1 atom stereocenters. The van der Waals surface area contributed by atoms with Gasteiger partial charge in [-0.3, -0.25) is 9.59 Å². The molecule has 0 saturated heterocycles. The number of carbonyl (C=O) groups is 2. The fourth-order valence-electron chi connectivity index (χ4n) is 3.52. The lowest BCUT2D eigenvalue weighted by Crippen LogP contribution is -2.50. The second-order valence-corrected chi connectivity index (χ2v) is 9.96. The van der Waals surface area contributed by atoms with Crippen molar-refractivity contribution in [3.63, 3.8) is 0 Å². The van der Waals surface area contributed by atoms with E-state index in [0.29, 0.717) is 23.6 Å². The predicted octanol–water partition coefficient (Wildman–Crippen LogP) is 1.98. The van der Waals surface area contributed by atoms with Crippen LogP contribution in [0.5, 0.6) is 11.5 Å². The molecule has 0 spiro atoms. The molecule has 3 rings (SSSR count). The van der Waals surface area contributed by atoms with Gasteiger partial charge in [-0.1, -0.05) is 12.1 Å². The van der Waals surface area contributed by atoms with Crippen molar-refractivity contribution in [1.29, 1.82) is 0 Å². The standard InChI is InChI=1S/C23H29N3O6S/c1-24(2)23(28)21-16-26(19-8-5-6-9-20(19)32-21)22(27)10-7-15-25(3)33(29,30)18-13-11-17(31-4)12-14-18/h5-6,8-9,11-14,21H,7,10,15-16H2,1-4H3/t21-/m1/s1. The van der Waals surface area contributed by atoms with Crippen molar-refractivity contribution in [2.75, 3.05) is 46.2 Å². The lowest BCUT2D eigenvalue weighted by atomic mass is 10.1. The minimum absolute atomic E-state index is 0.104. The van der Waals surface area contributed by atoms with Crippen LogP contribution in [0.3, 0.4) is 0 Å². The second-order valence-electron chi connectivity index (χ2n) is 7.92. The number of fused-ring (bicyclic) bond motifs is 1. The fraction of sp³-hybridized carbons (Fsp3) is 0.391. The van der Waals surface area contributed by atoms with Gasteiger partial charge in [0.15, 0.2) is 6.10 Å². The molecule has 1 aliphatic rings. The number of likely N-dealkylation sites (N-methyl/N-ethyl adjacent to an activating group) is 1. The summed E-state index contributed by atoms with van der Waals surface area (Å²) < 4.78 is 37.7. The number of hydrogen-bond donors (Lipinski definition) is 0. The van der Waals surface area contributed by atoms with Crippen LogP contribution in [0.1, 0.15) is 12.8 Å². The predicted molar refractivity (Wildman–Crippen MR) is 124 cm³/mol. The first-order valence-corrected chi connectivity index (χ1v) is 12.0. The van der Waals surface area contributed by atoms with Crippen molar-refractivity contribution in [3.8, 4) is 11.5 Å². The highest BCUT2D eigenvalue weighted by Gasteiger charge is 2.34. The molecule has 0 radical (unpaired) electrons. The second kappa shape index (κ2) is 10.2. The van der Waals surface area contributed by atoms with Crippen LogP contribution in [-0.2, 0) is 19.6 Å². The normalized spacial score (nSPS) is 15.5. The molecule has 0 aliphatic carbocycles. The summed E-state index contributed by atoms with van der Waals surface area (Å²) in [5.74, 6) is 0.612. The van der Waals surface area contributed by atoms with E-state index in [2.05, 4.69) is 0 Å². The van der Waals surface area contributed by atoms with Gasteiger partial charge < -0.3 is 19.3 Å². The van der Waals surface area contributed by atoms with Gasteiger partial charge in [0, 0.05) is 34.1 Å². The van der Waals surface area contributed by atoms with Crippen LogP contribution in [0.25, 0.3) is 0 Å². The average Bonchev–Trinajstić information content (AvgIpc) is 2.82. The zero-order chi connectivity index (χ0) is 24.2. The van der Waals surface area contributed by atoms with Crippen LogP contribution in [0.15, 0.2) is 53.4 Å². The van der Waals surface area contributed by atoms with Crippen LogP contribution in [0, 0.1) is 0 Å². The Bertz CT molecular complexity index is 1100. The van der Waals surface area contributed by atoms with Crippen LogP contribution < -0.4 is 14.4 Å². The summed E-state index contributed by atoms with van der Waals surface area (Å²) in [6.07, 6.45) is -0.340.